The Hall–Kier alpha value is -2.29. The van der Waals surface area contributed by atoms with E-state index in [1.807, 2.05) is 49.1 Å². The van der Waals surface area contributed by atoms with E-state index in [-0.39, 0.29) is 12.0 Å². The van der Waals surface area contributed by atoms with E-state index in [4.69, 9.17) is 4.74 Å². The molecule has 0 aromatic heterocycles. The molecule has 0 fully saturated rings. The van der Waals surface area contributed by atoms with Gasteiger partial charge in [0.2, 0.25) is 0 Å². The Balaban J connectivity index is 1.77. The van der Waals surface area contributed by atoms with Crippen molar-refractivity contribution in [3.8, 4) is 5.75 Å². The monoisotopic (exact) mass is 295 g/mol. The van der Waals surface area contributed by atoms with Gasteiger partial charge in [-0.15, -0.1) is 0 Å². The molecule has 1 amide bonds. The van der Waals surface area contributed by atoms with E-state index in [9.17, 15) is 4.79 Å². The molecule has 2 aromatic rings. The zero-order chi connectivity index (χ0) is 15.5. The van der Waals surface area contributed by atoms with Gasteiger partial charge < -0.3 is 9.64 Å². The second-order valence-corrected chi connectivity index (χ2v) is 5.94. The largest absolute Gasteiger partial charge is 0.491 e. The van der Waals surface area contributed by atoms with Gasteiger partial charge in [-0.05, 0) is 49.6 Å². The number of ether oxygens (including phenoxy) is 1. The average Bonchev–Trinajstić information content (AvgIpc) is 2.53. The van der Waals surface area contributed by atoms with Crippen molar-refractivity contribution in [3.05, 3.63) is 65.2 Å². The molecular formula is C19H21NO2. The molecule has 0 N–H and O–H groups in total. The summed E-state index contributed by atoms with van der Waals surface area (Å²) in [6, 6.07) is 15.8. The van der Waals surface area contributed by atoms with Crippen molar-refractivity contribution in [1.82, 2.24) is 4.90 Å². The van der Waals surface area contributed by atoms with E-state index in [1.165, 1.54) is 11.1 Å². The minimum absolute atomic E-state index is 0.0729. The summed E-state index contributed by atoms with van der Waals surface area (Å²) in [6.45, 7) is 5.42. The third kappa shape index (κ3) is 3.14. The van der Waals surface area contributed by atoms with Crippen molar-refractivity contribution in [1.29, 1.82) is 0 Å². The van der Waals surface area contributed by atoms with Crippen LogP contribution in [0.4, 0.5) is 0 Å². The van der Waals surface area contributed by atoms with E-state index in [0.717, 1.165) is 18.7 Å². The Morgan fingerprint density at radius 2 is 1.86 bits per heavy atom. The van der Waals surface area contributed by atoms with Crippen LogP contribution in [0, 0.1) is 0 Å². The lowest BCUT2D eigenvalue weighted by atomic mass is 9.99. The van der Waals surface area contributed by atoms with Crippen molar-refractivity contribution in [2.45, 2.75) is 32.9 Å². The van der Waals surface area contributed by atoms with E-state index >= 15 is 0 Å². The van der Waals surface area contributed by atoms with Gasteiger partial charge >= 0.3 is 0 Å². The van der Waals surface area contributed by atoms with Crippen molar-refractivity contribution >= 4 is 5.91 Å². The molecule has 0 bridgehead atoms. The van der Waals surface area contributed by atoms with Crippen LogP contribution in [0.15, 0.2) is 48.5 Å². The lowest BCUT2D eigenvalue weighted by molar-refractivity contribution is 0.0734. The molecule has 0 radical (unpaired) electrons. The van der Waals surface area contributed by atoms with Crippen LogP contribution in [0.25, 0.3) is 0 Å². The number of carbonyl (C=O) groups is 1. The Labute approximate surface area is 131 Å². The van der Waals surface area contributed by atoms with Crippen LogP contribution in [0.5, 0.6) is 5.75 Å². The van der Waals surface area contributed by atoms with Gasteiger partial charge in [0, 0.05) is 18.7 Å². The van der Waals surface area contributed by atoms with Crippen molar-refractivity contribution < 1.29 is 9.53 Å². The van der Waals surface area contributed by atoms with Gasteiger partial charge in [0.05, 0.1) is 6.10 Å². The highest BCUT2D eigenvalue weighted by atomic mass is 16.5. The topological polar surface area (TPSA) is 29.5 Å². The standard InChI is InChI=1S/C19H21NO2/c1-14(2)22-18-9-5-8-16(12-18)19(21)20-11-10-15-6-3-4-7-17(15)13-20/h3-9,12,14H,10-11,13H2,1-2H3. The molecule has 3 rings (SSSR count). The number of carbonyl (C=O) groups excluding carboxylic acids is 1. The fourth-order valence-electron chi connectivity index (χ4n) is 2.83. The first-order valence-electron chi connectivity index (χ1n) is 7.76. The molecule has 22 heavy (non-hydrogen) atoms. The number of hydrogen-bond acceptors (Lipinski definition) is 2. The molecule has 114 valence electrons. The third-order valence-electron chi connectivity index (χ3n) is 3.87. The zero-order valence-corrected chi connectivity index (χ0v) is 13.1. The quantitative estimate of drug-likeness (QED) is 0.864. The molecule has 0 atom stereocenters. The van der Waals surface area contributed by atoms with Gasteiger partial charge in [0.25, 0.3) is 5.91 Å². The van der Waals surface area contributed by atoms with Crippen LogP contribution in [0.3, 0.4) is 0 Å². The Morgan fingerprint density at radius 3 is 2.64 bits per heavy atom. The summed E-state index contributed by atoms with van der Waals surface area (Å²) in [5, 5.41) is 0. The fourth-order valence-corrected chi connectivity index (χ4v) is 2.83. The minimum atomic E-state index is 0.0729. The molecule has 1 aliphatic heterocycles. The highest BCUT2D eigenvalue weighted by Crippen LogP contribution is 2.22. The van der Waals surface area contributed by atoms with E-state index < -0.39 is 0 Å². The SMILES string of the molecule is CC(C)Oc1cccc(C(=O)N2CCc3ccccc3C2)c1. The van der Waals surface area contributed by atoms with Crippen molar-refractivity contribution in [2.75, 3.05) is 6.54 Å². The Morgan fingerprint density at radius 1 is 1.09 bits per heavy atom. The summed E-state index contributed by atoms with van der Waals surface area (Å²) < 4.78 is 5.68. The second kappa shape index (κ2) is 6.22. The number of nitrogens with zero attached hydrogens (tertiary/aromatic N) is 1. The summed E-state index contributed by atoms with van der Waals surface area (Å²) in [5.74, 6) is 0.821. The van der Waals surface area contributed by atoms with Crippen LogP contribution in [0.1, 0.15) is 35.3 Å². The van der Waals surface area contributed by atoms with Crippen molar-refractivity contribution in [2.24, 2.45) is 0 Å². The zero-order valence-electron chi connectivity index (χ0n) is 13.1. The number of amides is 1. The molecule has 2 aromatic carbocycles. The number of rotatable bonds is 3. The molecule has 1 aliphatic rings. The second-order valence-electron chi connectivity index (χ2n) is 5.94. The molecule has 3 nitrogen and oxygen atoms in total. The smallest absolute Gasteiger partial charge is 0.254 e. The van der Waals surface area contributed by atoms with E-state index in [2.05, 4.69) is 18.2 Å². The van der Waals surface area contributed by atoms with Crippen LogP contribution in [-0.2, 0) is 13.0 Å². The molecule has 0 spiro atoms. The summed E-state index contributed by atoms with van der Waals surface area (Å²) >= 11 is 0. The first kappa shape index (κ1) is 14.6. The van der Waals surface area contributed by atoms with E-state index in [1.54, 1.807) is 0 Å². The first-order valence-corrected chi connectivity index (χ1v) is 7.76. The van der Waals surface area contributed by atoms with Crippen LogP contribution < -0.4 is 4.74 Å². The highest BCUT2D eigenvalue weighted by molar-refractivity contribution is 5.94. The average molecular weight is 295 g/mol. The minimum Gasteiger partial charge on any atom is -0.491 e. The molecule has 3 heteroatoms. The predicted octanol–water partition coefficient (Wildman–Crippen LogP) is 3.67. The maximum Gasteiger partial charge on any atom is 0.254 e. The first-order chi connectivity index (χ1) is 10.6. The highest BCUT2D eigenvalue weighted by Gasteiger charge is 2.21. The molecule has 0 aliphatic carbocycles. The van der Waals surface area contributed by atoms with E-state index in [0.29, 0.717) is 12.1 Å². The molecule has 0 saturated carbocycles. The summed E-state index contributed by atoms with van der Waals surface area (Å²) in [6.07, 6.45) is 1.02. The lowest BCUT2D eigenvalue weighted by Crippen LogP contribution is -2.35. The summed E-state index contributed by atoms with van der Waals surface area (Å²) in [7, 11) is 0. The van der Waals surface area contributed by atoms with Gasteiger partial charge in [-0.3, -0.25) is 4.79 Å². The van der Waals surface area contributed by atoms with Crippen LogP contribution in [-0.4, -0.2) is 23.5 Å². The van der Waals surface area contributed by atoms with Gasteiger partial charge in [-0.2, -0.15) is 0 Å². The van der Waals surface area contributed by atoms with Crippen LogP contribution >= 0.6 is 0 Å². The summed E-state index contributed by atoms with van der Waals surface area (Å²) in [5.41, 5.74) is 3.29. The van der Waals surface area contributed by atoms with Gasteiger partial charge in [-0.1, -0.05) is 30.3 Å². The maximum absolute atomic E-state index is 12.7. The van der Waals surface area contributed by atoms with Gasteiger partial charge in [0.1, 0.15) is 5.75 Å². The predicted molar refractivity (Wildman–Crippen MR) is 87.1 cm³/mol. The molecule has 0 unspecified atom stereocenters. The number of fused-ring (bicyclic) bond motifs is 1. The van der Waals surface area contributed by atoms with Crippen LogP contribution in [0.2, 0.25) is 0 Å². The fraction of sp³-hybridized carbons (Fsp3) is 0.316. The number of hydrogen-bond donors (Lipinski definition) is 0. The maximum atomic E-state index is 12.7. The third-order valence-corrected chi connectivity index (χ3v) is 3.87. The lowest BCUT2D eigenvalue weighted by Gasteiger charge is -2.29. The normalized spacial score (nSPS) is 13.9. The Bertz CT molecular complexity index is 679. The number of benzene rings is 2. The summed E-state index contributed by atoms with van der Waals surface area (Å²) in [4.78, 5) is 14.6. The van der Waals surface area contributed by atoms with Crippen molar-refractivity contribution in [3.63, 3.8) is 0 Å². The molecule has 0 saturated heterocycles. The molecular weight excluding hydrogens is 274 g/mol. The molecule has 1 heterocycles. The van der Waals surface area contributed by atoms with Gasteiger partial charge in [0.15, 0.2) is 0 Å². The van der Waals surface area contributed by atoms with Gasteiger partial charge in [-0.25, -0.2) is 0 Å². The Kier molecular flexibility index (Phi) is 4.14.